The topological polar surface area (TPSA) is 15.3 Å². The van der Waals surface area contributed by atoms with Crippen molar-refractivity contribution in [3.63, 3.8) is 0 Å². The summed E-state index contributed by atoms with van der Waals surface area (Å²) in [5.41, 5.74) is 1.34. The highest BCUT2D eigenvalue weighted by molar-refractivity contribution is 8.06. The predicted molar refractivity (Wildman–Crippen MR) is 69.7 cm³/mol. The number of rotatable bonds is 2. The van der Waals surface area contributed by atoms with Crippen LogP contribution in [0.15, 0.2) is 36.4 Å². The van der Waals surface area contributed by atoms with Crippen LogP contribution >= 0.6 is 11.9 Å². The fourth-order valence-corrected chi connectivity index (χ4v) is 3.35. The Balaban J connectivity index is 1.68. The van der Waals surface area contributed by atoms with E-state index < -0.39 is 0 Å². The van der Waals surface area contributed by atoms with E-state index in [2.05, 4.69) is 46.0 Å². The van der Waals surface area contributed by atoms with Gasteiger partial charge in [0.2, 0.25) is 0 Å². The molecule has 1 aromatic carbocycles. The van der Waals surface area contributed by atoms with Crippen molar-refractivity contribution < 1.29 is 0 Å². The zero-order chi connectivity index (χ0) is 10.8. The Morgan fingerprint density at radius 2 is 2.12 bits per heavy atom. The van der Waals surface area contributed by atoms with Crippen LogP contribution in [-0.4, -0.2) is 23.6 Å². The molecule has 1 aromatic rings. The minimum Gasteiger partial charge on any atom is -0.301 e. The summed E-state index contributed by atoms with van der Waals surface area (Å²) < 4.78 is 2.45. The van der Waals surface area contributed by atoms with Crippen LogP contribution in [0.5, 0.6) is 0 Å². The average Bonchev–Trinajstić information content (AvgIpc) is 3.01. The van der Waals surface area contributed by atoms with Gasteiger partial charge in [-0.3, -0.25) is 0 Å². The van der Waals surface area contributed by atoms with Crippen molar-refractivity contribution in [2.24, 2.45) is 0 Å². The van der Waals surface area contributed by atoms with Crippen molar-refractivity contribution in [2.75, 3.05) is 13.1 Å². The van der Waals surface area contributed by atoms with Crippen LogP contribution in [0.1, 0.15) is 18.4 Å². The third-order valence-corrected chi connectivity index (χ3v) is 4.35. The summed E-state index contributed by atoms with van der Waals surface area (Å²) in [6.45, 7) is 2.23. The lowest BCUT2D eigenvalue weighted by molar-refractivity contribution is 0.361. The molecule has 0 aromatic heterocycles. The molecule has 1 fully saturated rings. The lowest BCUT2D eigenvalue weighted by atomic mass is 10.2. The van der Waals surface area contributed by atoms with Gasteiger partial charge in [-0.1, -0.05) is 36.4 Å². The SMILES string of the molecule is C1=C(c2ccccc2)SN([C@H]2CCCN2)C1. The zero-order valence-electron chi connectivity index (χ0n) is 9.23. The molecule has 3 heteroatoms. The molecule has 2 nitrogen and oxygen atoms in total. The first-order valence-corrected chi connectivity index (χ1v) is 6.64. The summed E-state index contributed by atoms with van der Waals surface area (Å²) in [5, 5.41) is 3.54. The van der Waals surface area contributed by atoms with Gasteiger partial charge in [-0.2, -0.15) is 0 Å². The first kappa shape index (κ1) is 10.4. The van der Waals surface area contributed by atoms with E-state index in [0.29, 0.717) is 6.17 Å². The maximum Gasteiger partial charge on any atom is 0.0703 e. The lowest BCUT2D eigenvalue weighted by Gasteiger charge is -2.22. The molecular formula is C13H16N2S. The van der Waals surface area contributed by atoms with Gasteiger partial charge in [-0.15, -0.1) is 0 Å². The van der Waals surface area contributed by atoms with Crippen LogP contribution in [0.4, 0.5) is 0 Å². The maximum atomic E-state index is 3.54. The van der Waals surface area contributed by atoms with Gasteiger partial charge >= 0.3 is 0 Å². The molecule has 2 heterocycles. The molecule has 0 radical (unpaired) electrons. The van der Waals surface area contributed by atoms with E-state index >= 15 is 0 Å². The molecule has 1 N–H and O–H groups in total. The summed E-state index contributed by atoms with van der Waals surface area (Å²) in [6, 6.07) is 10.6. The minimum atomic E-state index is 0.572. The monoisotopic (exact) mass is 232 g/mol. The Hall–Kier alpha value is -0.770. The van der Waals surface area contributed by atoms with Gasteiger partial charge in [-0.25, -0.2) is 4.31 Å². The Labute approximate surface area is 101 Å². The van der Waals surface area contributed by atoms with E-state index in [4.69, 9.17) is 0 Å². The van der Waals surface area contributed by atoms with Gasteiger partial charge in [0.25, 0.3) is 0 Å². The zero-order valence-corrected chi connectivity index (χ0v) is 10.0. The third kappa shape index (κ3) is 2.03. The average molecular weight is 232 g/mol. The maximum absolute atomic E-state index is 3.54. The number of benzene rings is 1. The number of hydrogen-bond donors (Lipinski definition) is 1. The molecule has 0 bridgehead atoms. The molecule has 0 amide bonds. The van der Waals surface area contributed by atoms with Crippen molar-refractivity contribution in [3.05, 3.63) is 42.0 Å². The second-order valence-electron chi connectivity index (χ2n) is 4.24. The molecule has 84 valence electrons. The lowest BCUT2D eigenvalue weighted by Crippen LogP contribution is -2.35. The molecule has 0 saturated carbocycles. The quantitative estimate of drug-likeness (QED) is 0.789. The fraction of sp³-hybridized carbons (Fsp3) is 0.385. The van der Waals surface area contributed by atoms with Crippen LogP contribution in [0.25, 0.3) is 4.91 Å². The minimum absolute atomic E-state index is 0.572. The summed E-state index contributed by atoms with van der Waals surface area (Å²) in [6.07, 6.45) is 5.49. The van der Waals surface area contributed by atoms with Crippen molar-refractivity contribution >= 4 is 16.9 Å². The Bertz CT molecular complexity index is 382. The largest absolute Gasteiger partial charge is 0.301 e. The van der Waals surface area contributed by atoms with Crippen molar-refractivity contribution in [1.82, 2.24) is 9.62 Å². The molecule has 3 rings (SSSR count). The summed E-state index contributed by atoms with van der Waals surface area (Å²) >= 11 is 1.89. The number of nitrogens with one attached hydrogen (secondary N) is 1. The standard InChI is InChI=1S/C13H16N2S/c1-2-5-11(6-3-1)12-8-10-15(16-12)13-7-4-9-14-13/h1-3,5-6,8,13-14H,4,7,9-10H2/t13-/m0/s1. The first-order valence-electron chi connectivity index (χ1n) is 5.87. The van der Waals surface area contributed by atoms with E-state index in [1.54, 1.807) is 0 Å². The predicted octanol–water partition coefficient (Wildman–Crippen LogP) is 2.70. The van der Waals surface area contributed by atoms with Crippen LogP contribution in [-0.2, 0) is 0 Å². The van der Waals surface area contributed by atoms with E-state index in [-0.39, 0.29) is 0 Å². The fourth-order valence-electron chi connectivity index (χ4n) is 2.25. The van der Waals surface area contributed by atoms with Gasteiger partial charge in [0.05, 0.1) is 6.17 Å². The van der Waals surface area contributed by atoms with Crippen molar-refractivity contribution in [1.29, 1.82) is 0 Å². The number of hydrogen-bond acceptors (Lipinski definition) is 3. The normalized spacial score (nSPS) is 26.0. The summed E-state index contributed by atoms with van der Waals surface area (Å²) in [4.78, 5) is 1.40. The highest BCUT2D eigenvalue weighted by atomic mass is 32.2. The van der Waals surface area contributed by atoms with E-state index in [9.17, 15) is 0 Å². The van der Waals surface area contributed by atoms with Gasteiger partial charge in [-0.05, 0) is 36.9 Å². The molecule has 0 aliphatic carbocycles. The van der Waals surface area contributed by atoms with Crippen LogP contribution in [0.3, 0.4) is 0 Å². The van der Waals surface area contributed by atoms with E-state index in [1.807, 2.05) is 11.9 Å². The van der Waals surface area contributed by atoms with Gasteiger partial charge in [0.15, 0.2) is 0 Å². The third-order valence-electron chi connectivity index (χ3n) is 3.11. The summed E-state index contributed by atoms with van der Waals surface area (Å²) in [5.74, 6) is 0. The highest BCUT2D eigenvalue weighted by Gasteiger charge is 2.26. The molecule has 16 heavy (non-hydrogen) atoms. The molecule has 0 unspecified atom stereocenters. The van der Waals surface area contributed by atoms with Gasteiger partial charge in [0.1, 0.15) is 0 Å². The molecule has 2 aliphatic heterocycles. The van der Waals surface area contributed by atoms with E-state index in [1.165, 1.54) is 29.9 Å². The molecule has 1 saturated heterocycles. The van der Waals surface area contributed by atoms with E-state index in [0.717, 1.165) is 6.54 Å². The Morgan fingerprint density at radius 3 is 2.88 bits per heavy atom. The number of nitrogens with zero attached hydrogens (tertiary/aromatic N) is 1. The Morgan fingerprint density at radius 1 is 1.25 bits per heavy atom. The molecular weight excluding hydrogens is 216 g/mol. The molecule has 1 atom stereocenters. The summed E-state index contributed by atoms with van der Waals surface area (Å²) in [7, 11) is 0. The second kappa shape index (κ2) is 4.62. The second-order valence-corrected chi connectivity index (χ2v) is 5.33. The highest BCUT2D eigenvalue weighted by Crippen LogP contribution is 2.37. The van der Waals surface area contributed by atoms with Crippen molar-refractivity contribution in [3.8, 4) is 0 Å². The van der Waals surface area contributed by atoms with Crippen LogP contribution < -0.4 is 5.32 Å². The Kier molecular flexibility index (Phi) is 3.00. The van der Waals surface area contributed by atoms with Gasteiger partial charge in [0, 0.05) is 11.4 Å². The van der Waals surface area contributed by atoms with Gasteiger partial charge < -0.3 is 5.32 Å². The molecule has 0 spiro atoms. The smallest absolute Gasteiger partial charge is 0.0703 e. The van der Waals surface area contributed by atoms with Crippen molar-refractivity contribution in [2.45, 2.75) is 19.0 Å². The van der Waals surface area contributed by atoms with Crippen LogP contribution in [0.2, 0.25) is 0 Å². The van der Waals surface area contributed by atoms with Crippen LogP contribution in [0, 0.1) is 0 Å². The molecule has 2 aliphatic rings. The first-order chi connectivity index (χ1) is 7.93.